The van der Waals surface area contributed by atoms with Crippen LogP contribution in [0.25, 0.3) is 21.5 Å². The Balaban J connectivity index is 2.05. The van der Waals surface area contributed by atoms with E-state index in [0.29, 0.717) is 5.56 Å². The maximum atomic E-state index is 14.6. The zero-order valence-electron chi connectivity index (χ0n) is 16.5. The molecule has 0 fully saturated rings. The summed E-state index contributed by atoms with van der Waals surface area (Å²) in [4.78, 5) is 12.8. The van der Waals surface area contributed by atoms with Gasteiger partial charge in [0.1, 0.15) is 5.82 Å². The first-order chi connectivity index (χ1) is 14.6. The quantitative estimate of drug-likeness (QED) is 0.390. The van der Waals surface area contributed by atoms with E-state index in [-0.39, 0.29) is 6.61 Å². The van der Waals surface area contributed by atoms with E-state index >= 15 is 0 Å². The van der Waals surface area contributed by atoms with Crippen molar-refractivity contribution in [1.82, 2.24) is 0 Å². The average Bonchev–Trinajstić information content (AvgIpc) is 2.76. The number of ether oxygens (including phenoxy) is 1. The number of carbonyl (C=O) groups is 1. The first-order valence-corrected chi connectivity index (χ1v) is 9.86. The molecular weight excluding hydrogens is 377 g/mol. The van der Waals surface area contributed by atoms with Crippen molar-refractivity contribution < 1.29 is 13.9 Å². The number of hydrogen-bond donors (Lipinski definition) is 0. The van der Waals surface area contributed by atoms with Crippen LogP contribution in [-0.4, -0.2) is 12.6 Å². The molecule has 0 radical (unpaired) electrons. The lowest BCUT2D eigenvalue weighted by Crippen LogP contribution is -2.25. The molecular formula is C26H20FNO2. The molecule has 3 nitrogen and oxygen atoms in total. The molecule has 2 unspecified atom stereocenters. The van der Waals surface area contributed by atoms with Crippen LogP contribution < -0.4 is 0 Å². The standard InChI is InChI=1S/C26H20FNO2/c1-2-30-26(29)24(16-28)25(22-13-7-10-17-8-3-5-11-20(17)22)23-15-19(27)14-18-9-4-6-12-21(18)23/h3-15,24-25H,2H2,1H3. The lowest BCUT2D eigenvalue weighted by molar-refractivity contribution is -0.146. The van der Waals surface area contributed by atoms with Crippen molar-refractivity contribution in [2.75, 3.05) is 6.61 Å². The summed E-state index contributed by atoms with van der Waals surface area (Å²) in [6.07, 6.45) is 0. The van der Waals surface area contributed by atoms with Crippen LogP contribution in [0.3, 0.4) is 0 Å². The van der Waals surface area contributed by atoms with Gasteiger partial charge in [0.25, 0.3) is 0 Å². The average molecular weight is 397 g/mol. The third-order valence-electron chi connectivity index (χ3n) is 5.37. The smallest absolute Gasteiger partial charge is 0.324 e. The van der Waals surface area contributed by atoms with Crippen LogP contribution in [0, 0.1) is 23.1 Å². The summed E-state index contributed by atoms with van der Waals surface area (Å²) in [5.74, 6) is -2.80. The minimum atomic E-state index is -1.11. The minimum absolute atomic E-state index is 0.170. The summed E-state index contributed by atoms with van der Waals surface area (Å²) in [6.45, 7) is 1.88. The normalized spacial score (nSPS) is 13.0. The van der Waals surface area contributed by atoms with Crippen LogP contribution in [0.1, 0.15) is 24.0 Å². The molecule has 4 rings (SSSR count). The van der Waals surface area contributed by atoms with Gasteiger partial charge in [-0.15, -0.1) is 0 Å². The van der Waals surface area contributed by atoms with Crippen molar-refractivity contribution in [2.24, 2.45) is 5.92 Å². The van der Waals surface area contributed by atoms with Gasteiger partial charge >= 0.3 is 5.97 Å². The van der Waals surface area contributed by atoms with E-state index in [0.717, 1.165) is 27.1 Å². The van der Waals surface area contributed by atoms with E-state index in [1.807, 2.05) is 66.7 Å². The van der Waals surface area contributed by atoms with Gasteiger partial charge in [0.15, 0.2) is 5.92 Å². The second kappa shape index (κ2) is 8.34. The second-order valence-corrected chi connectivity index (χ2v) is 7.12. The Morgan fingerprint density at radius 1 is 0.933 bits per heavy atom. The van der Waals surface area contributed by atoms with Gasteiger partial charge in [-0.3, -0.25) is 4.79 Å². The topological polar surface area (TPSA) is 50.1 Å². The Labute approximate surface area is 174 Å². The maximum absolute atomic E-state index is 14.6. The number of hydrogen-bond acceptors (Lipinski definition) is 3. The summed E-state index contributed by atoms with van der Waals surface area (Å²) < 4.78 is 19.8. The van der Waals surface area contributed by atoms with E-state index in [9.17, 15) is 14.4 Å². The number of halogens is 1. The maximum Gasteiger partial charge on any atom is 0.324 e. The molecule has 0 aromatic heterocycles. The SMILES string of the molecule is CCOC(=O)C(C#N)C(c1cccc2ccccc12)c1cc(F)cc2ccccc12. The predicted octanol–water partition coefficient (Wildman–Crippen LogP) is 5.97. The van der Waals surface area contributed by atoms with Crippen molar-refractivity contribution in [2.45, 2.75) is 12.8 Å². The molecule has 4 aromatic carbocycles. The third-order valence-corrected chi connectivity index (χ3v) is 5.37. The van der Waals surface area contributed by atoms with Crippen molar-refractivity contribution in [3.63, 3.8) is 0 Å². The van der Waals surface area contributed by atoms with Crippen LogP contribution in [-0.2, 0) is 9.53 Å². The number of nitriles is 1. The Morgan fingerprint density at radius 2 is 1.57 bits per heavy atom. The highest BCUT2D eigenvalue weighted by atomic mass is 19.1. The van der Waals surface area contributed by atoms with Gasteiger partial charge in [0.05, 0.1) is 12.7 Å². The van der Waals surface area contributed by atoms with Gasteiger partial charge in [-0.25, -0.2) is 4.39 Å². The molecule has 2 atom stereocenters. The highest BCUT2D eigenvalue weighted by molar-refractivity contribution is 5.92. The number of nitrogens with zero attached hydrogens (tertiary/aromatic N) is 1. The number of esters is 1. The van der Waals surface area contributed by atoms with Gasteiger partial charge in [0.2, 0.25) is 0 Å². The van der Waals surface area contributed by atoms with Crippen LogP contribution >= 0.6 is 0 Å². The number of benzene rings is 4. The molecule has 0 saturated carbocycles. The Kier molecular flexibility index (Phi) is 5.45. The fourth-order valence-corrected chi connectivity index (χ4v) is 4.10. The second-order valence-electron chi connectivity index (χ2n) is 7.12. The van der Waals surface area contributed by atoms with Crippen molar-refractivity contribution >= 4 is 27.5 Å². The van der Waals surface area contributed by atoms with E-state index in [1.54, 1.807) is 6.92 Å². The number of rotatable bonds is 5. The van der Waals surface area contributed by atoms with Crippen LogP contribution in [0.5, 0.6) is 0 Å². The fraction of sp³-hybridized carbons (Fsp3) is 0.154. The highest BCUT2D eigenvalue weighted by Crippen LogP contribution is 2.40. The van der Waals surface area contributed by atoms with Crippen molar-refractivity contribution in [3.05, 3.63) is 95.8 Å². The fourth-order valence-electron chi connectivity index (χ4n) is 4.10. The largest absolute Gasteiger partial charge is 0.465 e. The van der Waals surface area contributed by atoms with Gasteiger partial charge in [-0.2, -0.15) is 5.26 Å². The molecule has 0 aliphatic heterocycles. The van der Waals surface area contributed by atoms with Gasteiger partial charge in [0, 0.05) is 5.92 Å². The minimum Gasteiger partial charge on any atom is -0.465 e. The predicted molar refractivity (Wildman–Crippen MR) is 115 cm³/mol. The number of carbonyl (C=O) groups excluding carboxylic acids is 1. The van der Waals surface area contributed by atoms with E-state index in [2.05, 4.69) is 6.07 Å². The van der Waals surface area contributed by atoms with Crippen LogP contribution in [0.4, 0.5) is 4.39 Å². The van der Waals surface area contributed by atoms with E-state index in [4.69, 9.17) is 4.74 Å². The Bertz CT molecular complexity index is 1270. The third kappa shape index (κ3) is 3.51. The van der Waals surface area contributed by atoms with Gasteiger partial charge < -0.3 is 4.74 Å². The van der Waals surface area contributed by atoms with E-state index in [1.165, 1.54) is 12.1 Å². The van der Waals surface area contributed by atoms with Crippen LogP contribution in [0.15, 0.2) is 78.9 Å². The molecule has 4 aromatic rings. The monoisotopic (exact) mass is 397 g/mol. The van der Waals surface area contributed by atoms with Crippen molar-refractivity contribution in [3.8, 4) is 6.07 Å². The lowest BCUT2D eigenvalue weighted by Gasteiger charge is -2.25. The molecule has 0 amide bonds. The molecule has 0 heterocycles. The lowest BCUT2D eigenvalue weighted by atomic mass is 9.77. The van der Waals surface area contributed by atoms with Crippen molar-refractivity contribution in [1.29, 1.82) is 5.26 Å². The Morgan fingerprint density at radius 3 is 2.27 bits per heavy atom. The molecule has 30 heavy (non-hydrogen) atoms. The Hall–Kier alpha value is -3.71. The molecule has 0 N–H and O–H groups in total. The summed E-state index contributed by atoms with van der Waals surface area (Å²) in [5.41, 5.74) is 1.39. The zero-order chi connectivity index (χ0) is 21.1. The van der Waals surface area contributed by atoms with E-state index < -0.39 is 23.6 Å². The summed E-state index contributed by atoms with van der Waals surface area (Å²) in [6, 6.07) is 26.0. The zero-order valence-corrected chi connectivity index (χ0v) is 16.5. The molecule has 148 valence electrons. The molecule has 0 bridgehead atoms. The first kappa shape index (κ1) is 19.6. The molecule has 0 aliphatic carbocycles. The first-order valence-electron chi connectivity index (χ1n) is 9.86. The molecule has 0 spiro atoms. The summed E-state index contributed by atoms with van der Waals surface area (Å²) >= 11 is 0. The van der Waals surface area contributed by atoms with Gasteiger partial charge in [-0.05, 0) is 51.7 Å². The van der Waals surface area contributed by atoms with Gasteiger partial charge in [-0.1, -0.05) is 66.7 Å². The molecule has 0 aliphatic rings. The molecule has 4 heteroatoms. The van der Waals surface area contributed by atoms with Crippen LogP contribution in [0.2, 0.25) is 0 Å². The summed E-state index contributed by atoms with van der Waals surface area (Å²) in [5, 5.41) is 13.4. The summed E-state index contributed by atoms with van der Waals surface area (Å²) in [7, 11) is 0. The molecule has 0 saturated heterocycles. The number of fused-ring (bicyclic) bond motifs is 2. The highest BCUT2D eigenvalue weighted by Gasteiger charge is 2.34.